The van der Waals surface area contributed by atoms with Crippen LogP contribution in [0.4, 0.5) is 0 Å². The molecule has 106 valence electrons. The van der Waals surface area contributed by atoms with Gasteiger partial charge in [-0.15, -0.1) is 0 Å². The average Bonchev–Trinajstić information content (AvgIpc) is 2.84. The second-order valence-corrected chi connectivity index (χ2v) is 5.25. The molecule has 2 aromatic rings. The van der Waals surface area contributed by atoms with Gasteiger partial charge in [-0.1, -0.05) is 0 Å². The summed E-state index contributed by atoms with van der Waals surface area (Å²) in [5.74, 6) is -0.938. The molecule has 0 aliphatic carbocycles. The molecule has 1 saturated heterocycles. The van der Waals surface area contributed by atoms with E-state index < -0.39 is 5.97 Å². The number of rotatable bonds is 3. The molecular formula is C14H18N4O2. The largest absolute Gasteiger partial charge is 0.478 e. The number of carboxylic acids is 1. The molecule has 20 heavy (non-hydrogen) atoms. The molecule has 1 aliphatic heterocycles. The summed E-state index contributed by atoms with van der Waals surface area (Å²) in [6.45, 7) is 5.00. The lowest BCUT2D eigenvalue weighted by Crippen LogP contribution is -2.44. The van der Waals surface area contributed by atoms with Crippen molar-refractivity contribution in [3.05, 3.63) is 35.8 Å². The van der Waals surface area contributed by atoms with Crippen molar-refractivity contribution in [3.63, 3.8) is 0 Å². The molecule has 0 amide bonds. The Labute approximate surface area is 117 Å². The first-order chi connectivity index (χ1) is 9.65. The number of hydrogen-bond donors (Lipinski definition) is 1. The number of nitrogens with zero attached hydrogens (tertiary/aromatic N) is 4. The number of aromatic carboxylic acids is 1. The predicted octanol–water partition coefficient (Wildman–Crippen LogP) is 0.780. The molecule has 2 aromatic heterocycles. The maximum Gasteiger partial charge on any atom is 0.339 e. The van der Waals surface area contributed by atoms with Crippen LogP contribution in [0.1, 0.15) is 16.1 Å². The van der Waals surface area contributed by atoms with E-state index in [4.69, 9.17) is 0 Å². The van der Waals surface area contributed by atoms with Crippen molar-refractivity contribution in [2.45, 2.75) is 6.54 Å². The Hall–Kier alpha value is -1.92. The van der Waals surface area contributed by atoms with E-state index in [9.17, 15) is 9.90 Å². The summed E-state index contributed by atoms with van der Waals surface area (Å²) >= 11 is 0. The Morgan fingerprint density at radius 2 is 2.10 bits per heavy atom. The Balaban J connectivity index is 1.86. The molecule has 1 aliphatic rings. The number of carbonyl (C=O) groups is 1. The molecule has 6 heteroatoms. The van der Waals surface area contributed by atoms with Gasteiger partial charge in [0.15, 0.2) is 5.65 Å². The van der Waals surface area contributed by atoms with Gasteiger partial charge in [0.1, 0.15) is 5.56 Å². The fraction of sp³-hybridized carbons (Fsp3) is 0.429. The number of piperazine rings is 1. The van der Waals surface area contributed by atoms with Crippen LogP contribution in [0.3, 0.4) is 0 Å². The molecule has 6 nitrogen and oxygen atoms in total. The lowest BCUT2D eigenvalue weighted by Gasteiger charge is -2.32. The highest BCUT2D eigenvalue weighted by Gasteiger charge is 2.17. The van der Waals surface area contributed by atoms with Crippen LogP contribution in [0.5, 0.6) is 0 Å². The zero-order valence-electron chi connectivity index (χ0n) is 11.5. The fourth-order valence-electron chi connectivity index (χ4n) is 2.58. The van der Waals surface area contributed by atoms with E-state index in [0.29, 0.717) is 5.65 Å². The fourth-order valence-corrected chi connectivity index (χ4v) is 2.58. The van der Waals surface area contributed by atoms with Gasteiger partial charge in [-0.2, -0.15) is 0 Å². The summed E-state index contributed by atoms with van der Waals surface area (Å²) in [7, 11) is 2.13. The molecule has 0 unspecified atom stereocenters. The third-order valence-electron chi connectivity index (χ3n) is 3.82. The smallest absolute Gasteiger partial charge is 0.339 e. The molecule has 0 bridgehead atoms. The highest BCUT2D eigenvalue weighted by atomic mass is 16.4. The van der Waals surface area contributed by atoms with Gasteiger partial charge in [-0.25, -0.2) is 9.78 Å². The number of pyridine rings is 1. The standard InChI is InChI=1S/C14H18N4O2/c1-16-5-7-17(8-6-16)10-11-9-15-13-12(14(19)20)3-2-4-18(11)13/h2-4,9H,5-8,10H2,1H3,(H,19,20). The summed E-state index contributed by atoms with van der Waals surface area (Å²) in [5.41, 5.74) is 1.80. The molecule has 1 fully saturated rings. The van der Waals surface area contributed by atoms with E-state index in [1.54, 1.807) is 18.3 Å². The van der Waals surface area contributed by atoms with Crippen LogP contribution in [0, 0.1) is 0 Å². The van der Waals surface area contributed by atoms with Gasteiger partial charge in [0.25, 0.3) is 0 Å². The minimum atomic E-state index is -0.938. The van der Waals surface area contributed by atoms with E-state index in [0.717, 1.165) is 38.4 Å². The molecule has 0 spiro atoms. The summed E-state index contributed by atoms with van der Waals surface area (Å²) in [6, 6.07) is 3.34. The number of fused-ring (bicyclic) bond motifs is 1. The normalized spacial score (nSPS) is 17.6. The minimum absolute atomic E-state index is 0.247. The van der Waals surface area contributed by atoms with Crippen molar-refractivity contribution in [1.82, 2.24) is 19.2 Å². The summed E-state index contributed by atoms with van der Waals surface area (Å²) in [6.07, 6.45) is 3.65. The quantitative estimate of drug-likeness (QED) is 0.896. The minimum Gasteiger partial charge on any atom is -0.478 e. The maximum atomic E-state index is 11.2. The van der Waals surface area contributed by atoms with Gasteiger partial charge in [0.2, 0.25) is 0 Å². The SMILES string of the molecule is CN1CCN(Cc2cnc3c(C(=O)O)cccn23)CC1. The molecule has 0 aromatic carbocycles. The first kappa shape index (κ1) is 13.1. The van der Waals surface area contributed by atoms with Gasteiger partial charge >= 0.3 is 5.97 Å². The monoisotopic (exact) mass is 274 g/mol. The van der Waals surface area contributed by atoms with Crippen LogP contribution in [0.2, 0.25) is 0 Å². The van der Waals surface area contributed by atoms with Crippen LogP contribution in [-0.2, 0) is 6.54 Å². The number of imidazole rings is 1. The van der Waals surface area contributed by atoms with Gasteiger partial charge in [0, 0.05) is 38.9 Å². The highest BCUT2D eigenvalue weighted by Crippen LogP contribution is 2.14. The van der Waals surface area contributed by atoms with Gasteiger partial charge in [0.05, 0.1) is 11.9 Å². The van der Waals surface area contributed by atoms with Gasteiger partial charge in [-0.3, -0.25) is 4.90 Å². The average molecular weight is 274 g/mol. The Bertz CT molecular complexity index is 629. The number of likely N-dealkylation sites (N-methyl/N-ethyl adjacent to an activating group) is 1. The van der Waals surface area contributed by atoms with Crippen LogP contribution in [0.15, 0.2) is 24.5 Å². The zero-order valence-corrected chi connectivity index (χ0v) is 11.5. The van der Waals surface area contributed by atoms with E-state index in [1.807, 2.05) is 10.6 Å². The third-order valence-corrected chi connectivity index (χ3v) is 3.82. The van der Waals surface area contributed by atoms with E-state index in [2.05, 4.69) is 21.8 Å². The van der Waals surface area contributed by atoms with Gasteiger partial charge < -0.3 is 14.4 Å². The molecule has 0 radical (unpaired) electrons. The molecule has 3 rings (SSSR count). The number of carboxylic acid groups (broad SMARTS) is 1. The first-order valence-corrected chi connectivity index (χ1v) is 6.74. The van der Waals surface area contributed by atoms with Crippen LogP contribution in [0.25, 0.3) is 5.65 Å². The second-order valence-electron chi connectivity index (χ2n) is 5.25. The molecule has 0 saturated carbocycles. The van der Waals surface area contributed by atoms with Crippen molar-refractivity contribution in [2.75, 3.05) is 33.2 Å². The lowest BCUT2D eigenvalue weighted by atomic mass is 10.2. The highest BCUT2D eigenvalue weighted by molar-refractivity contribution is 5.94. The summed E-state index contributed by atoms with van der Waals surface area (Å²) < 4.78 is 1.88. The summed E-state index contributed by atoms with van der Waals surface area (Å²) in [5, 5.41) is 9.17. The first-order valence-electron chi connectivity index (χ1n) is 6.74. The molecular weight excluding hydrogens is 256 g/mol. The van der Waals surface area contributed by atoms with Crippen LogP contribution >= 0.6 is 0 Å². The Kier molecular flexibility index (Phi) is 3.42. The van der Waals surface area contributed by atoms with Crippen molar-refractivity contribution in [1.29, 1.82) is 0 Å². The molecule has 3 heterocycles. The van der Waals surface area contributed by atoms with Crippen LogP contribution in [-0.4, -0.2) is 63.5 Å². The summed E-state index contributed by atoms with van der Waals surface area (Å²) in [4.78, 5) is 20.1. The van der Waals surface area contributed by atoms with Crippen LogP contribution < -0.4 is 0 Å². The van der Waals surface area contributed by atoms with Crippen molar-refractivity contribution < 1.29 is 9.90 Å². The molecule has 0 atom stereocenters. The Morgan fingerprint density at radius 3 is 2.80 bits per heavy atom. The third kappa shape index (κ3) is 2.39. The lowest BCUT2D eigenvalue weighted by molar-refractivity contribution is 0.0698. The molecule has 1 N–H and O–H groups in total. The van der Waals surface area contributed by atoms with Crippen molar-refractivity contribution >= 4 is 11.6 Å². The van der Waals surface area contributed by atoms with Gasteiger partial charge in [-0.05, 0) is 19.2 Å². The Morgan fingerprint density at radius 1 is 1.35 bits per heavy atom. The van der Waals surface area contributed by atoms with E-state index >= 15 is 0 Å². The maximum absolute atomic E-state index is 11.2. The number of aromatic nitrogens is 2. The van der Waals surface area contributed by atoms with E-state index in [1.165, 1.54) is 0 Å². The van der Waals surface area contributed by atoms with Crippen molar-refractivity contribution in [2.24, 2.45) is 0 Å². The van der Waals surface area contributed by atoms with E-state index in [-0.39, 0.29) is 5.56 Å². The second kappa shape index (κ2) is 5.22. The predicted molar refractivity (Wildman–Crippen MR) is 74.9 cm³/mol. The van der Waals surface area contributed by atoms with Crippen molar-refractivity contribution in [3.8, 4) is 0 Å². The number of hydrogen-bond acceptors (Lipinski definition) is 4. The topological polar surface area (TPSA) is 61.1 Å². The zero-order chi connectivity index (χ0) is 14.1.